The van der Waals surface area contributed by atoms with Crippen molar-refractivity contribution in [3.63, 3.8) is 0 Å². The fourth-order valence-electron chi connectivity index (χ4n) is 5.99. The Morgan fingerprint density at radius 3 is 2.76 bits per heavy atom. The number of carboxylic acid groups (broad SMARTS) is 1. The van der Waals surface area contributed by atoms with Gasteiger partial charge in [0.15, 0.2) is 0 Å². The Labute approximate surface area is 202 Å². The van der Waals surface area contributed by atoms with Crippen molar-refractivity contribution in [1.82, 2.24) is 4.90 Å². The first-order valence-electron chi connectivity index (χ1n) is 11.2. The summed E-state index contributed by atoms with van der Waals surface area (Å²) in [4.78, 5) is 43.2. The molecule has 0 radical (unpaired) electrons. The number of rotatable bonds is 8. The van der Waals surface area contributed by atoms with E-state index in [2.05, 4.69) is 6.58 Å². The number of para-hydroxylation sites is 1. The predicted molar refractivity (Wildman–Crippen MR) is 128 cm³/mol. The van der Waals surface area contributed by atoms with Gasteiger partial charge in [-0.25, -0.2) is 0 Å². The van der Waals surface area contributed by atoms with Gasteiger partial charge in [0.1, 0.15) is 6.04 Å². The average Bonchev–Trinajstić information content (AvgIpc) is 3.41. The molecule has 178 valence electrons. The molecule has 9 heteroatoms. The Balaban J connectivity index is 1.86. The highest BCUT2D eigenvalue weighted by Crippen LogP contribution is 2.66. The van der Waals surface area contributed by atoms with Crippen molar-refractivity contribution >= 4 is 46.8 Å². The third kappa shape index (κ3) is 3.49. The smallest absolute Gasteiger partial charge is 0.308 e. The number of hydrogen-bond acceptors (Lipinski definition) is 5. The fourth-order valence-corrected chi connectivity index (χ4v) is 8.51. The number of aliphatic carboxylic acids is 1. The molecular weight excluding hydrogens is 464 g/mol. The van der Waals surface area contributed by atoms with Crippen molar-refractivity contribution < 1.29 is 24.6 Å². The molecule has 3 heterocycles. The number of hydrogen-bond donors (Lipinski definition) is 2. The Morgan fingerprint density at radius 2 is 2.18 bits per heavy atom. The van der Waals surface area contributed by atoms with Crippen LogP contribution in [-0.2, 0) is 14.4 Å². The SMILES string of the molecule is C=CCN(C(=O)C1N([C@@H](CC)CO)C(=O)[C@@H]2[C@H](C(=O)O)[C@@H]3CCC12S3)c1c(C)cccc1Cl. The lowest BCUT2D eigenvalue weighted by Gasteiger charge is -2.39. The van der Waals surface area contributed by atoms with Gasteiger partial charge < -0.3 is 20.0 Å². The largest absolute Gasteiger partial charge is 0.481 e. The van der Waals surface area contributed by atoms with Gasteiger partial charge in [-0.05, 0) is 37.8 Å². The number of benzene rings is 1. The summed E-state index contributed by atoms with van der Waals surface area (Å²) in [6.45, 7) is 7.40. The molecule has 4 rings (SSSR count). The number of anilines is 1. The van der Waals surface area contributed by atoms with Crippen LogP contribution in [0.2, 0.25) is 5.02 Å². The van der Waals surface area contributed by atoms with Crippen LogP contribution >= 0.6 is 23.4 Å². The van der Waals surface area contributed by atoms with E-state index in [0.717, 1.165) is 5.56 Å². The molecule has 2 amide bonds. The molecule has 3 aliphatic heterocycles. The standard InChI is InChI=1S/C24H29ClN2O5S/c1-4-11-26(19-13(3)7-6-8-15(19)25)22(30)20-24-10-9-16(33-24)17(23(31)32)18(24)21(29)27(20)14(5-2)12-28/h4,6-8,14,16-18,20,28H,1,5,9-12H2,2-3H3,(H,31,32)/t14-,16-,17+,18-,20?,24?/m0/s1. The summed E-state index contributed by atoms with van der Waals surface area (Å²) in [5.74, 6) is -3.27. The van der Waals surface area contributed by atoms with Crippen LogP contribution in [0.1, 0.15) is 31.7 Å². The van der Waals surface area contributed by atoms with E-state index in [1.54, 1.807) is 17.0 Å². The monoisotopic (exact) mass is 492 g/mol. The molecule has 0 aliphatic carbocycles. The first-order valence-corrected chi connectivity index (χ1v) is 12.5. The molecule has 0 aromatic heterocycles. The van der Waals surface area contributed by atoms with Gasteiger partial charge in [-0.1, -0.05) is 36.7 Å². The quantitative estimate of drug-likeness (QED) is 0.541. The first-order chi connectivity index (χ1) is 15.7. The summed E-state index contributed by atoms with van der Waals surface area (Å²) in [6.07, 6.45) is 3.29. The zero-order valence-electron chi connectivity index (χ0n) is 18.7. The van der Waals surface area contributed by atoms with Crippen LogP contribution < -0.4 is 4.90 Å². The minimum atomic E-state index is -0.998. The lowest BCUT2D eigenvalue weighted by Crippen LogP contribution is -2.57. The van der Waals surface area contributed by atoms with E-state index in [1.807, 2.05) is 26.0 Å². The summed E-state index contributed by atoms with van der Waals surface area (Å²) >= 11 is 7.99. The highest BCUT2D eigenvalue weighted by molar-refractivity contribution is 8.02. The topological polar surface area (TPSA) is 98.2 Å². The van der Waals surface area contributed by atoms with Crippen molar-refractivity contribution in [3.05, 3.63) is 41.4 Å². The van der Waals surface area contributed by atoms with E-state index in [4.69, 9.17) is 11.6 Å². The minimum Gasteiger partial charge on any atom is -0.481 e. The Bertz CT molecular complexity index is 979. The van der Waals surface area contributed by atoms with E-state index in [-0.39, 0.29) is 30.2 Å². The molecule has 1 aromatic rings. The van der Waals surface area contributed by atoms with E-state index >= 15 is 0 Å². The summed E-state index contributed by atoms with van der Waals surface area (Å²) < 4.78 is -0.834. The van der Waals surface area contributed by atoms with Crippen LogP contribution in [0.5, 0.6) is 0 Å². The van der Waals surface area contributed by atoms with Crippen LogP contribution in [0, 0.1) is 18.8 Å². The molecule has 2 unspecified atom stereocenters. The van der Waals surface area contributed by atoms with Gasteiger partial charge >= 0.3 is 5.97 Å². The number of aliphatic hydroxyl groups is 1. The molecular formula is C24H29ClN2O5S. The number of aryl methyl sites for hydroxylation is 1. The van der Waals surface area contributed by atoms with Crippen molar-refractivity contribution in [1.29, 1.82) is 0 Å². The number of nitrogens with zero attached hydrogens (tertiary/aromatic N) is 2. The molecule has 3 saturated heterocycles. The van der Waals surface area contributed by atoms with E-state index in [1.165, 1.54) is 16.7 Å². The van der Waals surface area contributed by atoms with E-state index < -0.39 is 34.6 Å². The number of carboxylic acids is 1. The number of carbonyl (C=O) groups is 3. The minimum absolute atomic E-state index is 0.190. The Hall–Kier alpha value is -2.03. The average molecular weight is 493 g/mol. The third-order valence-electron chi connectivity index (χ3n) is 7.37. The molecule has 3 fully saturated rings. The van der Waals surface area contributed by atoms with Crippen LogP contribution in [0.3, 0.4) is 0 Å². The zero-order chi connectivity index (χ0) is 24.1. The van der Waals surface area contributed by atoms with Gasteiger partial charge in [0.25, 0.3) is 5.91 Å². The van der Waals surface area contributed by atoms with Crippen molar-refractivity contribution in [2.24, 2.45) is 11.8 Å². The highest BCUT2D eigenvalue weighted by atomic mass is 35.5. The molecule has 2 bridgehead atoms. The lowest BCUT2D eigenvalue weighted by molar-refractivity contribution is -0.149. The normalized spacial score (nSPS) is 30.9. The van der Waals surface area contributed by atoms with Crippen molar-refractivity contribution in [2.75, 3.05) is 18.1 Å². The second-order valence-electron chi connectivity index (χ2n) is 9.03. The first kappa shape index (κ1) is 24.1. The molecule has 33 heavy (non-hydrogen) atoms. The summed E-state index contributed by atoms with van der Waals surface area (Å²) in [5, 5.41) is 20.2. The fraction of sp³-hybridized carbons (Fsp3) is 0.542. The number of amides is 2. The molecule has 2 N–H and O–H groups in total. The van der Waals surface area contributed by atoms with Gasteiger partial charge in [-0.2, -0.15) is 0 Å². The molecule has 0 saturated carbocycles. The van der Waals surface area contributed by atoms with Gasteiger partial charge in [-0.3, -0.25) is 14.4 Å². The van der Waals surface area contributed by atoms with Crippen LogP contribution in [-0.4, -0.2) is 68.1 Å². The van der Waals surface area contributed by atoms with Gasteiger partial charge in [0.2, 0.25) is 5.91 Å². The number of fused-ring (bicyclic) bond motifs is 1. The third-order valence-corrected chi connectivity index (χ3v) is 9.63. The zero-order valence-corrected chi connectivity index (χ0v) is 20.3. The van der Waals surface area contributed by atoms with Crippen LogP contribution in [0.4, 0.5) is 5.69 Å². The number of carbonyl (C=O) groups excluding carboxylic acids is 2. The van der Waals surface area contributed by atoms with Crippen molar-refractivity contribution in [3.8, 4) is 0 Å². The summed E-state index contributed by atoms with van der Waals surface area (Å²) in [7, 11) is 0. The summed E-state index contributed by atoms with van der Waals surface area (Å²) in [6, 6.07) is 3.93. The van der Waals surface area contributed by atoms with E-state index in [9.17, 15) is 24.6 Å². The number of likely N-dealkylation sites (tertiary alicyclic amines) is 1. The van der Waals surface area contributed by atoms with Crippen LogP contribution in [0.15, 0.2) is 30.9 Å². The molecule has 1 spiro atoms. The molecule has 3 aliphatic rings. The Kier molecular flexibility index (Phi) is 6.55. The lowest BCUT2D eigenvalue weighted by atomic mass is 9.71. The van der Waals surface area contributed by atoms with Crippen molar-refractivity contribution in [2.45, 2.75) is 55.2 Å². The van der Waals surface area contributed by atoms with Gasteiger partial charge in [0, 0.05) is 11.8 Å². The molecule has 1 aromatic carbocycles. The number of aliphatic hydroxyl groups excluding tert-OH is 1. The second-order valence-corrected chi connectivity index (χ2v) is 11.0. The second kappa shape index (κ2) is 8.96. The molecule has 7 nitrogen and oxygen atoms in total. The molecule has 6 atom stereocenters. The maximum Gasteiger partial charge on any atom is 0.308 e. The predicted octanol–water partition coefficient (Wildman–Crippen LogP) is 3.11. The highest BCUT2D eigenvalue weighted by Gasteiger charge is 2.74. The van der Waals surface area contributed by atoms with Gasteiger partial charge in [-0.15, -0.1) is 18.3 Å². The maximum atomic E-state index is 14.3. The van der Waals surface area contributed by atoms with Crippen LogP contribution in [0.25, 0.3) is 0 Å². The Morgan fingerprint density at radius 1 is 1.45 bits per heavy atom. The summed E-state index contributed by atoms with van der Waals surface area (Å²) in [5.41, 5.74) is 1.37. The van der Waals surface area contributed by atoms with E-state index in [0.29, 0.717) is 30.0 Å². The van der Waals surface area contributed by atoms with Gasteiger partial charge in [0.05, 0.1) is 39.9 Å². The number of halogens is 1. The number of thioether (sulfide) groups is 1. The maximum absolute atomic E-state index is 14.3.